The summed E-state index contributed by atoms with van der Waals surface area (Å²) in [7, 11) is 4.04. The molecule has 1 N–H and O–H groups in total. The van der Waals surface area contributed by atoms with Crippen molar-refractivity contribution in [1.29, 1.82) is 0 Å². The van der Waals surface area contributed by atoms with E-state index in [1.807, 2.05) is 7.05 Å². The molecule has 1 atom stereocenters. The Morgan fingerprint density at radius 3 is 2.52 bits per heavy atom. The Morgan fingerprint density at radius 1 is 1.24 bits per heavy atom. The summed E-state index contributed by atoms with van der Waals surface area (Å²) in [5.41, 5.74) is 0. The Hall–Kier alpha value is -0.850. The molecule has 0 aromatic rings. The standard InChI is InChI=1S/C19H39N5O/c1-5-23-10-12-24(13-11-23)17(2)16-21-19(20-3)22(4)9-6-18-7-14-25-15-8-18/h17-18H,5-16H2,1-4H3,(H,20,21). The van der Waals surface area contributed by atoms with E-state index >= 15 is 0 Å². The molecule has 6 heteroatoms. The summed E-state index contributed by atoms with van der Waals surface area (Å²) in [6, 6.07) is 0.541. The van der Waals surface area contributed by atoms with E-state index in [0.717, 1.165) is 38.2 Å². The van der Waals surface area contributed by atoms with Gasteiger partial charge in [-0.15, -0.1) is 0 Å². The van der Waals surface area contributed by atoms with Crippen LogP contribution in [0.2, 0.25) is 0 Å². The maximum atomic E-state index is 5.45. The van der Waals surface area contributed by atoms with Crippen LogP contribution in [-0.4, -0.2) is 99.8 Å². The summed E-state index contributed by atoms with van der Waals surface area (Å²) in [5, 5.41) is 3.58. The van der Waals surface area contributed by atoms with Gasteiger partial charge in [0.05, 0.1) is 0 Å². The Morgan fingerprint density at radius 2 is 1.92 bits per heavy atom. The second kappa shape index (κ2) is 11.0. The molecule has 2 aliphatic rings. The van der Waals surface area contributed by atoms with E-state index in [2.05, 4.69) is 45.9 Å². The van der Waals surface area contributed by atoms with Crippen molar-refractivity contribution in [3.05, 3.63) is 0 Å². The molecule has 0 aliphatic carbocycles. The third-order valence-corrected chi connectivity index (χ3v) is 5.82. The minimum Gasteiger partial charge on any atom is -0.381 e. The van der Waals surface area contributed by atoms with Crippen molar-refractivity contribution >= 4 is 5.96 Å². The molecule has 0 aromatic carbocycles. The third kappa shape index (κ3) is 6.76. The molecule has 2 fully saturated rings. The van der Waals surface area contributed by atoms with Gasteiger partial charge in [0, 0.05) is 72.6 Å². The minimum atomic E-state index is 0.541. The predicted octanol–water partition coefficient (Wildman–Crippen LogP) is 1.34. The van der Waals surface area contributed by atoms with E-state index in [1.54, 1.807) is 0 Å². The summed E-state index contributed by atoms with van der Waals surface area (Å²) in [5.74, 6) is 1.83. The molecule has 2 rings (SSSR count). The van der Waals surface area contributed by atoms with Gasteiger partial charge < -0.3 is 19.9 Å². The first-order valence-corrected chi connectivity index (χ1v) is 10.1. The van der Waals surface area contributed by atoms with Gasteiger partial charge in [-0.05, 0) is 38.6 Å². The topological polar surface area (TPSA) is 43.3 Å². The van der Waals surface area contributed by atoms with Crippen molar-refractivity contribution in [3.8, 4) is 0 Å². The highest BCUT2D eigenvalue weighted by Crippen LogP contribution is 2.18. The van der Waals surface area contributed by atoms with Crippen LogP contribution in [-0.2, 0) is 4.74 Å². The summed E-state index contributed by atoms with van der Waals surface area (Å²) in [6.07, 6.45) is 3.65. The average molecular weight is 354 g/mol. The SMILES string of the molecule is CCN1CCN(C(C)CNC(=NC)N(C)CCC2CCOCC2)CC1. The molecule has 0 saturated carbocycles. The van der Waals surface area contributed by atoms with Crippen LogP contribution in [0.4, 0.5) is 0 Å². The van der Waals surface area contributed by atoms with Crippen LogP contribution in [0.15, 0.2) is 4.99 Å². The lowest BCUT2D eigenvalue weighted by Crippen LogP contribution is -2.53. The molecule has 1 unspecified atom stereocenters. The fourth-order valence-electron chi connectivity index (χ4n) is 3.79. The smallest absolute Gasteiger partial charge is 0.193 e. The maximum absolute atomic E-state index is 5.45. The molecule has 6 nitrogen and oxygen atoms in total. The van der Waals surface area contributed by atoms with E-state index in [1.165, 1.54) is 52.0 Å². The number of nitrogens with one attached hydrogen (secondary N) is 1. The van der Waals surface area contributed by atoms with Gasteiger partial charge in [-0.25, -0.2) is 0 Å². The molecule has 0 aromatic heterocycles. The quantitative estimate of drug-likeness (QED) is 0.553. The molecule has 0 spiro atoms. The van der Waals surface area contributed by atoms with Crippen molar-refractivity contribution in [2.75, 3.05) is 73.1 Å². The molecular formula is C19H39N5O. The first kappa shape index (κ1) is 20.5. The van der Waals surface area contributed by atoms with Gasteiger partial charge in [-0.2, -0.15) is 0 Å². The van der Waals surface area contributed by atoms with E-state index < -0.39 is 0 Å². The van der Waals surface area contributed by atoms with Gasteiger partial charge in [0.2, 0.25) is 0 Å². The number of ether oxygens (including phenoxy) is 1. The lowest BCUT2D eigenvalue weighted by molar-refractivity contribution is 0.0625. The highest BCUT2D eigenvalue weighted by molar-refractivity contribution is 5.79. The van der Waals surface area contributed by atoms with Crippen molar-refractivity contribution < 1.29 is 4.74 Å². The fourth-order valence-corrected chi connectivity index (χ4v) is 3.79. The number of aliphatic imine (C=N–C) groups is 1. The maximum Gasteiger partial charge on any atom is 0.193 e. The van der Waals surface area contributed by atoms with E-state index in [0.29, 0.717) is 6.04 Å². The molecule has 146 valence electrons. The number of rotatable bonds is 7. The second-order valence-corrected chi connectivity index (χ2v) is 7.51. The van der Waals surface area contributed by atoms with Crippen LogP contribution in [0.5, 0.6) is 0 Å². The Kier molecular flexibility index (Phi) is 8.99. The van der Waals surface area contributed by atoms with Gasteiger partial charge in [0.1, 0.15) is 0 Å². The van der Waals surface area contributed by atoms with Crippen LogP contribution in [0.1, 0.15) is 33.1 Å². The summed E-state index contributed by atoms with van der Waals surface area (Å²) < 4.78 is 5.45. The molecule has 0 radical (unpaired) electrons. The van der Waals surface area contributed by atoms with Gasteiger partial charge in [0.25, 0.3) is 0 Å². The van der Waals surface area contributed by atoms with Crippen molar-refractivity contribution in [2.24, 2.45) is 10.9 Å². The first-order valence-electron chi connectivity index (χ1n) is 10.1. The second-order valence-electron chi connectivity index (χ2n) is 7.51. The zero-order chi connectivity index (χ0) is 18.1. The molecule has 2 saturated heterocycles. The monoisotopic (exact) mass is 353 g/mol. The number of nitrogens with zero attached hydrogens (tertiary/aromatic N) is 4. The van der Waals surface area contributed by atoms with Crippen LogP contribution < -0.4 is 5.32 Å². The van der Waals surface area contributed by atoms with Crippen molar-refractivity contribution in [2.45, 2.75) is 39.2 Å². The molecule has 25 heavy (non-hydrogen) atoms. The molecule has 0 bridgehead atoms. The Labute approximate surface area is 154 Å². The average Bonchev–Trinajstić information content (AvgIpc) is 2.67. The lowest BCUT2D eigenvalue weighted by atomic mass is 9.96. The molecule has 2 aliphatic heterocycles. The Balaban J connectivity index is 1.68. The molecule has 2 heterocycles. The van der Waals surface area contributed by atoms with Crippen LogP contribution in [0.25, 0.3) is 0 Å². The Bertz CT molecular complexity index is 389. The number of hydrogen-bond acceptors (Lipinski definition) is 4. The fraction of sp³-hybridized carbons (Fsp3) is 0.947. The zero-order valence-corrected chi connectivity index (χ0v) is 16.8. The van der Waals surface area contributed by atoms with Crippen molar-refractivity contribution in [1.82, 2.24) is 20.0 Å². The summed E-state index contributed by atoms with van der Waals surface area (Å²) in [4.78, 5) is 11.9. The van der Waals surface area contributed by atoms with E-state index in [-0.39, 0.29) is 0 Å². The summed E-state index contributed by atoms with van der Waals surface area (Å²) >= 11 is 0. The van der Waals surface area contributed by atoms with Gasteiger partial charge in [-0.3, -0.25) is 9.89 Å². The third-order valence-electron chi connectivity index (χ3n) is 5.82. The number of piperazine rings is 1. The normalized spacial score (nSPS) is 22.8. The number of likely N-dealkylation sites (N-methyl/N-ethyl adjacent to an activating group) is 1. The van der Waals surface area contributed by atoms with Gasteiger partial charge >= 0.3 is 0 Å². The first-order chi connectivity index (χ1) is 12.1. The highest BCUT2D eigenvalue weighted by Gasteiger charge is 2.21. The van der Waals surface area contributed by atoms with Crippen LogP contribution >= 0.6 is 0 Å². The van der Waals surface area contributed by atoms with Crippen LogP contribution in [0, 0.1) is 5.92 Å². The predicted molar refractivity (Wildman–Crippen MR) is 105 cm³/mol. The lowest BCUT2D eigenvalue weighted by Gasteiger charge is -2.38. The summed E-state index contributed by atoms with van der Waals surface area (Å²) in [6.45, 7) is 14.4. The van der Waals surface area contributed by atoms with Crippen LogP contribution in [0.3, 0.4) is 0 Å². The van der Waals surface area contributed by atoms with Gasteiger partial charge in [-0.1, -0.05) is 6.92 Å². The molecular weight excluding hydrogens is 314 g/mol. The van der Waals surface area contributed by atoms with Gasteiger partial charge in [0.15, 0.2) is 5.96 Å². The number of guanidine groups is 1. The van der Waals surface area contributed by atoms with E-state index in [4.69, 9.17) is 4.74 Å². The van der Waals surface area contributed by atoms with Crippen molar-refractivity contribution in [3.63, 3.8) is 0 Å². The minimum absolute atomic E-state index is 0.541. The van der Waals surface area contributed by atoms with E-state index in [9.17, 15) is 0 Å². The highest BCUT2D eigenvalue weighted by atomic mass is 16.5. The molecule has 0 amide bonds. The largest absolute Gasteiger partial charge is 0.381 e. The number of hydrogen-bond donors (Lipinski definition) is 1. The zero-order valence-electron chi connectivity index (χ0n) is 16.8.